The van der Waals surface area contributed by atoms with Crippen molar-refractivity contribution in [2.24, 2.45) is 0 Å². The van der Waals surface area contributed by atoms with Crippen LogP contribution in [0.25, 0.3) is 0 Å². The largest absolute Gasteiger partial charge is 0.266 e. The van der Waals surface area contributed by atoms with E-state index in [2.05, 4.69) is 9.82 Å². The van der Waals surface area contributed by atoms with Crippen LogP contribution >= 0.6 is 23.2 Å². The zero-order valence-electron chi connectivity index (χ0n) is 14.2. The van der Waals surface area contributed by atoms with Crippen molar-refractivity contribution in [3.8, 4) is 0 Å². The molecule has 0 aliphatic heterocycles. The Kier molecular flexibility index (Phi) is 5.27. The summed E-state index contributed by atoms with van der Waals surface area (Å²) in [5, 5.41) is 5.35. The van der Waals surface area contributed by atoms with Crippen molar-refractivity contribution in [2.75, 3.05) is 4.72 Å². The highest BCUT2D eigenvalue weighted by Crippen LogP contribution is 2.23. The van der Waals surface area contributed by atoms with Gasteiger partial charge in [-0.1, -0.05) is 47.0 Å². The number of aromatic nitrogens is 2. The number of nitrogens with zero attached hydrogens (tertiary/aromatic N) is 2. The van der Waals surface area contributed by atoms with Gasteiger partial charge in [-0.05, 0) is 43.2 Å². The zero-order valence-corrected chi connectivity index (χ0v) is 16.5. The molecule has 0 saturated heterocycles. The van der Waals surface area contributed by atoms with E-state index in [1.54, 1.807) is 48.1 Å². The number of hydrogen-bond acceptors (Lipinski definition) is 3. The minimum Gasteiger partial charge on any atom is -0.266 e. The van der Waals surface area contributed by atoms with Crippen molar-refractivity contribution in [1.29, 1.82) is 0 Å². The molecular formula is C18H17Cl2N3O2S. The maximum atomic E-state index is 12.6. The molecule has 0 amide bonds. The fourth-order valence-corrected chi connectivity index (χ4v) is 4.31. The Labute approximate surface area is 162 Å². The second-order valence-corrected chi connectivity index (χ2v) is 8.50. The molecule has 3 rings (SSSR count). The highest BCUT2D eigenvalue weighted by atomic mass is 35.5. The lowest BCUT2D eigenvalue weighted by atomic mass is 10.2. The summed E-state index contributed by atoms with van der Waals surface area (Å²) in [5.41, 5.74) is 2.53. The predicted molar refractivity (Wildman–Crippen MR) is 105 cm³/mol. The fourth-order valence-electron chi connectivity index (χ4n) is 2.62. The van der Waals surface area contributed by atoms with E-state index in [4.69, 9.17) is 23.2 Å². The number of hydrogen-bond donors (Lipinski definition) is 1. The Hall–Kier alpha value is -2.02. The Morgan fingerprint density at radius 3 is 2.54 bits per heavy atom. The minimum atomic E-state index is -3.70. The standard InChI is InChI=1S/C18H17Cl2N3O2S/c1-12-3-6-17(13(2)9-12)26(24,25)22-18-7-8-23(21-18)11-14-4-5-15(19)10-16(14)20/h3-10H,11H2,1-2H3,(H,21,22). The summed E-state index contributed by atoms with van der Waals surface area (Å²) in [6, 6.07) is 12.0. The van der Waals surface area contributed by atoms with Gasteiger partial charge in [0.1, 0.15) is 0 Å². The van der Waals surface area contributed by atoms with Crippen molar-refractivity contribution >= 4 is 39.0 Å². The third-order valence-corrected chi connectivity index (χ3v) is 5.95. The van der Waals surface area contributed by atoms with Crippen LogP contribution < -0.4 is 4.72 Å². The molecule has 8 heteroatoms. The molecule has 1 heterocycles. The lowest BCUT2D eigenvalue weighted by Gasteiger charge is -2.09. The maximum Gasteiger partial charge on any atom is 0.263 e. The van der Waals surface area contributed by atoms with Crippen molar-refractivity contribution in [1.82, 2.24) is 9.78 Å². The predicted octanol–water partition coefficient (Wildman–Crippen LogP) is 4.66. The van der Waals surface area contributed by atoms with Crippen LogP contribution in [0.5, 0.6) is 0 Å². The average molecular weight is 410 g/mol. The number of halogens is 2. The molecule has 0 atom stereocenters. The molecule has 26 heavy (non-hydrogen) atoms. The normalized spacial score (nSPS) is 11.5. The van der Waals surface area contributed by atoms with Crippen LogP contribution in [0.3, 0.4) is 0 Å². The molecule has 0 radical (unpaired) electrons. The first-order valence-corrected chi connectivity index (χ1v) is 10.1. The lowest BCUT2D eigenvalue weighted by molar-refractivity contribution is 0.600. The van der Waals surface area contributed by atoms with Crippen molar-refractivity contribution in [2.45, 2.75) is 25.3 Å². The van der Waals surface area contributed by atoms with E-state index in [-0.39, 0.29) is 10.7 Å². The highest BCUT2D eigenvalue weighted by molar-refractivity contribution is 7.92. The Balaban J connectivity index is 1.79. The molecule has 136 valence electrons. The van der Waals surface area contributed by atoms with Crippen LogP contribution in [0, 0.1) is 13.8 Å². The quantitative estimate of drug-likeness (QED) is 0.666. The van der Waals surface area contributed by atoms with Gasteiger partial charge in [0.15, 0.2) is 5.82 Å². The summed E-state index contributed by atoms with van der Waals surface area (Å²) in [4.78, 5) is 0.235. The number of nitrogens with one attached hydrogen (secondary N) is 1. The zero-order chi connectivity index (χ0) is 18.9. The summed E-state index contributed by atoms with van der Waals surface area (Å²) in [7, 11) is -3.70. The molecule has 2 aromatic carbocycles. The van der Waals surface area contributed by atoms with Gasteiger partial charge in [0.2, 0.25) is 0 Å². The summed E-state index contributed by atoms with van der Waals surface area (Å²) in [6.07, 6.45) is 1.69. The van der Waals surface area contributed by atoms with E-state index in [9.17, 15) is 8.42 Å². The van der Waals surface area contributed by atoms with Crippen LogP contribution in [0.2, 0.25) is 10.0 Å². The van der Waals surface area contributed by atoms with Gasteiger partial charge in [0, 0.05) is 22.3 Å². The number of aryl methyl sites for hydroxylation is 2. The Bertz CT molecular complexity index is 1060. The van der Waals surface area contributed by atoms with E-state index >= 15 is 0 Å². The molecule has 0 aliphatic rings. The lowest BCUT2D eigenvalue weighted by Crippen LogP contribution is -2.15. The van der Waals surface area contributed by atoms with Crippen molar-refractivity contribution in [3.63, 3.8) is 0 Å². The van der Waals surface area contributed by atoms with Crippen LogP contribution in [0.4, 0.5) is 5.82 Å². The molecule has 0 fully saturated rings. The van der Waals surface area contributed by atoms with Crippen LogP contribution in [0.15, 0.2) is 53.6 Å². The van der Waals surface area contributed by atoms with E-state index in [0.717, 1.165) is 11.1 Å². The first-order valence-electron chi connectivity index (χ1n) is 7.82. The molecular weight excluding hydrogens is 393 g/mol. The van der Waals surface area contributed by atoms with E-state index in [1.165, 1.54) is 0 Å². The first-order chi connectivity index (χ1) is 12.2. The van der Waals surface area contributed by atoms with Gasteiger partial charge in [-0.3, -0.25) is 9.40 Å². The number of anilines is 1. The summed E-state index contributed by atoms with van der Waals surface area (Å²) >= 11 is 12.1. The number of benzene rings is 2. The van der Waals surface area contributed by atoms with Crippen molar-refractivity contribution in [3.05, 3.63) is 75.4 Å². The third-order valence-electron chi connectivity index (χ3n) is 3.85. The summed E-state index contributed by atoms with van der Waals surface area (Å²) in [5.74, 6) is 0.245. The van der Waals surface area contributed by atoms with Crippen LogP contribution in [-0.2, 0) is 16.6 Å². The second-order valence-electron chi connectivity index (χ2n) is 6.01. The molecule has 5 nitrogen and oxygen atoms in total. The molecule has 3 aromatic rings. The molecule has 1 N–H and O–H groups in total. The monoisotopic (exact) mass is 409 g/mol. The van der Waals surface area contributed by atoms with E-state index in [0.29, 0.717) is 22.2 Å². The Morgan fingerprint density at radius 1 is 1.08 bits per heavy atom. The highest BCUT2D eigenvalue weighted by Gasteiger charge is 2.18. The van der Waals surface area contributed by atoms with Gasteiger partial charge in [0.05, 0.1) is 11.4 Å². The van der Waals surface area contributed by atoms with E-state index < -0.39 is 10.0 Å². The molecule has 0 aliphatic carbocycles. The third kappa shape index (κ3) is 4.20. The molecule has 0 saturated carbocycles. The van der Waals surface area contributed by atoms with Gasteiger partial charge in [0.25, 0.3) is 10.0 Å². The minimum absolute atomic E-state index is 0.235. The molecule has 0 bridgehead atoms. The van der Waals surface area contributed by atoms with Crippen molar-refractivity contribution < 1.29 is 8.42 Å². The number of sulfonamides is 1. The van der Waals surface area contributed by atoms with Gasteiger partial charge in [-0.2, -0.15) is 5.10 Å². The average Bonchev–Trinajstić information content (AvgIpc) is 2.96. The molecule has 1 aromatic heterocycles. The van der Waals surface area contributed by atoms with Crippen LogP contribution in [-0.4, -0.2) is 18.2 Å². The topological polar surface area (TPSA) is 64.0 Å². The van der Waals surface area contributed by atoms with Crippen LogP contribution in [0.1, 0.15) is 16.7 Å². The Morgan fingerprint density at radius 2 is 1.85 bits per heavy atom. The fraction of sp³-hybridized carbons (Fsp3) is 0.167. The summed E-state index contributed by atoms with van der Waals surface area (Å²) in [6.45, 7) is 4.09. The molecule has 0 unspecified atom stereocenters. The van der Waals surface area contributed by atoms with Gasteiger partial charge < -0.3 is 0 Å². The first kappa shape index (κ1) is 18.8. The maximum absolute atomic E-state index is 12.6. The second kappa shape index (κ2) is 7.31. The SMILES string of the molecule is Cc1ccc(S(=O)(=O)Nc2ccn(Cc3ccc(Cl)cc3Cl)n2)c(C)c1. The smallest absolute Gasteiger partial charge is 0.263 e. The van der Waals surface area contributed by atoms with Gasteiger partial charge >= 0.3 is 0 Å². The molecule has 0 spiro atoms. The summed E-state index contributed by atoms with van der Waals surface area (Å²) < 4.78 is 29.3. The van der Waals surface area contributed by atoms with E-state index in [1.807, 2.05) is 19.1 Å². The van der Waals surface area contributed by atoms with Gasteiger partial charge in [-0.15, -0.1) is 0 Å². The van der Waals surface area contributed by atoms with Gasteiger partial charge in [-0.25, -0.2) is 8.42 Å². The number of rotatable bonds is 5.